The van der Waals surface area contributed by atoms with Crippen molar-refractivity contribution in [3.8, 4) is 12.1 Å². The Morgan fingerprint density at radius 1 is 1.19 bits per heavy atom. The third kappa shape index (κ3) is 2.03. The molecular formula is C13HBrF2N4S. The second-order valence-electron chi connectivity index (χ2n) is 3.76. The number of nitrogens with zero attached hydrogens (tertiary/aromatic N) is 4. The third-order valence-electron chi connectivity index (χ3n) is 2.74. The molecule has 0 bridgehead atoms. The van der Waals surface area contributed by atoms with Gasteiger partial charge in [0, 0.05) is 10.5 Å². The van der Waals surface area contributed by atoms with Crippen molar-refractivity contribution in [2.75, 3.05) is 0 Å². The third-order valence-corrected chi connectivity index (χ3v) is 4.39. The van der Waals surface area contributed by atoms with Crippen molar-refractivity contribution in [2.45, 2.75) is 5.92 Å². The summed E-state index contributed by atoms with van der Waals surface area (Å²) in [6.07, 6.45) is 0. The highest BCUT2D eigenvalue weighted by Crippen LogP contribution is 2.57. The van der Waals surface area contributed by atoms with Crippen molar-refractivity contribution in [1.82, 2.24) is 0 Å². The van der Waals surface area contributed by atoms with Gasteiger partial charge in [-0.1, -0.05) is 0 Å². The fourth-order valence-electron chi connectivity index (χ4n) is 1.98. The van der Waals surface area contributed by atoms with E-state index < -0.39 is 28.5 Å². The van der Waals surface area contributed by atoms with Crippen LogP contribution >= 0.6 is 27.3 Å². The maximum absolute atomic E-state index is 14.6. The van der Waals surface area contributed by atoms with Crippen molar-refractivity contribution in [3.63, 3.8) is 0 Å². The Labute approximate surface area is 130 Å². The largest absolute Gasteiger partial charge is 0.284 e. The standard InChI is InChI=1S/C13HBrF2N4S/c1-19-7(4-17)10-6-3-9(14)21-12(6)11(13(10,15)16)8(5-18)20-2/h3H/b10-7-,11-8-. The summed E-state index contributed by atoms with van der Waals surface area (Å²) in [5, 5.41) is 17.8. The summed E-state index contributed by atoms with van der Waals surface area (Å²) in [6.45, 7) is 13.7. The Kier molecular flexibility index (Phi) is 3.62. The van der Waals surface area contributed by atoms with Gasteiger partial charge in [0.1, 0.15) is 0 Å². The average molecular weight is 363 g/mol. The molecule has 0 fully saturated rings. The van der Waals surface area contributed by atoms with Gasteiger partial charge in [-0.15, -0.1) is 11.3 Å². The lowest BCUT2D eigenvalue weighted by atomic mass is 10.0. The Bertz CT molecular complexity index is 780. The summed E-state index contributed by atoms with van der Waals surface area (Å²) in [4.78, 5) is 5.70. The minimum absolute atomic E-state index is 0.0100. The van der Waals surface area contributed by atoms with Crippen LogP contribution in [-0.2, 0) is 0 Å². The van der Waals surface area contributed by atoms with Gasteiger partial charge in [0.15, 0.2) is 0 Å². The van der Waals surface area contributed by atoms with Crippen molar-refractivity contribution in [3.05, 3.63) is 54.5 Å². The van der Waals surface area contributed by atoms with Crippen LogP contribution in [0.2, 0.25) is 0 Å². The molecule has 0 radical (unpaired) electrons. The molecule has 2 rings (SSSR count). The van der Waals surface area contributed by atoms with Crippen molar-refractivity contribution >= 4 is 38.4 Å². The number of thiophene rings is 1. The lowest BCUT2D eigenvalue weighted by Crippen LogP contribution is -2.16. The zero-order valence-electron chi connectivity index (χ0n) is 9.91. The van der Waals surface area contributed by atoms with Crippen LogP contribution in [0.4, 0.5) is 8.78 Å². The van der Waals surface area contributed by atoms with Crippen LogP contribution in [-0.4, -0.2) is 5.92 Å². The van der Waals surface area contributed by atoms with E-state index in [1.54, 1.807) is 0 Å². The average Bonchev–Trinajstić information content (AvgIpc) is 2.89. The van der Waals surface area contributed by atoms with Crippen LogP contribution in [0.1, 0.15) is 10.4 Å². The van der Waals surface area contributed by atoms with Crippen LogP contribution in [0.3, 0.4) is 0 Å². The van der Waals surface area contributed by atoms with Gasteiger partial charge in [0.05, 0.1) is 34.6 Å². The highest BCUT2D eigenvalue weighted by Gasteiger charge is 2.52. The maximum atomic E-state index is 14.6. The van der Waals surface area contributed by atoms with E-state index in [1.807, 2.05) is 0 Å². The van der Waals surface area contributed by atoms with Crippen LogP contribution in [0, 0.1) is 35.8 Å². The molecule has 21 heavy (non-hydrogen) atoms. The Morgan fingerprint density at radius 3 is 2.19 bits per heavy atom. The first-order valence-corrected chi connectivity index (χ1v) is 6.75. The molecule has 0 saturated carbocycles. The van der Waals surface area contributed by atoms with Gasteiger partial charge in [0.2, 0.25) is 0 Å². The SMILES string of the molecule is [C-]#[N+]/C(C#N)=C1/c2cc(Br)sc2/C(=C(\C#N)[N+]#[C-])C1(F)F. The van der Waals surface area contributed by atoms with E-state index in [0.717, 1.165) is 11.3 Å². The molecule has 1 heterocycles. The monoisotopic (exact) mass is 362 g/mol. The zero-order valence-corrected chi connectivity index (χ0v) is 12.3. The molecule has 8 heteroatoms. The Hall–Kier alpha value is -2.52. The summed E-state index contributed by atoms with van der Waals surface area (Å²) in [7, 11) is 0. The van der Waals surface area contributed by atoms with E-state index in [2.05, 4.69) is 25.6 Å². The lowest BCUT2D eigenvalue weighted by molar-refractivity contribution is 0.138. The lowest BCUT2D eigenvalue weighted by Gasteiger charge is -2.14. The number of allylic oxidation sites excluding steroid dienone is 4. The Morgan fingerprint density at radius 2 is 1.71 bits per heavy atom. The predicted octanol–water partition coefficient (Wildman–Crippen LogP) is 4.47. The fraction of sp³-hybridized carbons (Fsp3) is 0.0769. The Balaban J connectivity index is 3.02. The van der Waals surface area contributed by atoms with Crippen LogP contribution in [0.25, 0.3) is 20.8 Å². The maximum Gasteiger partial charge on any atom is 0.284 e. The molecule has 0 amide bonds. The van der Waals surface area contributed by atoms with Gasteiger partial charge >= 0.3 is 0 Å². The van der Waals surface area contributed by atoms with E-state index in [-0.39, 0.29) is 10.4 Å². The quantitative estimate of drug-likeness (QED) is 0.505. The summed E-state index contributed by atoms with van der Waals surface area (Å²) in [6, 6.07) is 4.25. The second kappa shape index (κ2) is 5.11. The fourth-order valence-corrected chi connectivity index (χ4v) is 3.66. The first-order chi connectivity index (χ1) is 9.92. The van der Waals surface area contributed by atoms with Gasteiger partial charge in [0.25, 0.3) is 17.3 Å². The topological polar surface area (TPSA) is 56.3 Å². The molecule has 4 nitrogen and oxygen atoms in total. The first-order valence-electron chi connectivity index (χ1n) is 5.14. The number of halogens is 3. The molecule has 1 aromatic heterocycles. The molecule has 1 aromatic rings. The number of hydrogen-bond donors (Lipinski definition) is 0. The molecule has 0 unspecified atom stereocenters. The highest BCUT2D eigenvalue weighted by molar-refractivity contribution is 9.11. The summed E-state index contributed by atoms with van der Waals surface area (Å²) < 4.78 is 29.6. The summed E-state index contributed by atoms with van der Waals surface area (Å²) in [5.41, 5.74) is -2.96. The van der Waals surface area contributed by atoms with E-state index in [9.17, 15) is 8.78 Å². The molecule has 0 saturated heterocycles. The molecule has 0 spiro atoms. The molecule has 0 aliphatic heterocycles. The van der Waals surface area contributed by atoms with Crippen LogP contribution in [0.5, 0.6) is 0 Å². The molecule has 0 atom stereocenters. The van der Waals surface area contributed by atoms with Crippen molar-refractivity contribution < 1.29 is 8.78 Å². The summed E-state index contributed by atoms with van der Waals surface area (Å²) in [5.74, 6) is -3.72. The van der Waals surface area contributed by atoms with E-state index in [4.69, 9.17) is 23.7 Å². The number of alkyl halides is 2. The minimum Gasteiger partial charge on any atom is -0.226 e. The number of nitriles is 2. The van der Waals surface area contributed by atoms with E-state index in [0.29, 0.717) is 3.79 Å². The molecule has 1 aliphatic carbocycles. The minimum atomic E-state index is -3.72. The van der Waals surface area contributed by atoms with Crippen molar-refractivity contribution in [1.29, 1.82) is 10.5 Å². The number of rotatable bonds is 0. The van der Waals surface area contributed by atoms with Gasteiger partial charge in [-0.25, -0.2) is 20.2 Å². The molecule has 100 valence electrons. The second-order valence-corrected chi connectivity index (χ2v) is 6.19. The predicted molar refractivity (Wildman–Crippen MR) is 75.2 cm³/mol. The molecular weight excluding hydrogens is 362 g/mol. The van der Waals surface area contributed by atoms with Crippen LogP contribution < -0.4 is 0 Å². The van der Waals surface area contributed by atoms with Gasteiger partial charge in [-0.05, 0) is 27.6 Å². The molecule has 0 aromatic carbocycles. The van der Waals surface area contributed by atoms with Gasteiger partial charge in [-0.3, -0.25) is 0 Å². The molecule has 1 aliphatic rings. The van der Waals surface area contributed by atoms with Crippen LogP contribution in [0.15, 0.2) is 21.2 Å². The van der Waals surface area contributed by atoms with E-state index >= 15 is 0 Å². The zero-order chi connectivity index (χ0) is 15.8. The normalized spacial score (nSPS) is 19.6. The summed E-state index contributed by atoms with van der Waals surface area (Å²) >= 11 is 4.07. The first kappa shape index (κ1) is 14.9. The molecule has 0 N–H and O–H groups in total. The number of fused-ring (bicyclic) bond motifs is 1. The van der Waals surface area contributed by atoms with Gasteiger partial charge < -0.3 is 0 Å². The highest BCUT2D eigenvalue weighted by atomic mass is 79.9. The van der Waals surface area contributed by atoms with Gasteiger partial charge in [-0.2, -0.15) is 8.78 Å². The smallest absolute Gasteiger partial charge is 0.226 e. The van der Waals surface area contributed by atoms with Crippen molar-refractivity contribution in [2.24, 2.45) is 0 Å². The van der Waals surface area contributed by atoms with E-state index in [1.165, 1.54) is 18.2 Å². The number of hydrogen-bond acceptors (Lipinski definition) is 3.